The average Bonchev–Trinajstić information content (AvgIpc) is 2.78. The Morgan fingerprint density at radius 2 is 1.32 bits per heavy atom. The smallest absolute Gasteiger partial charge is 0.0965 e. The molecule has 3 nitrogen and oxygen atoms in total. The Morgan fingerprint density at radius 1 is 0.786 bits per heavy atom. The Kier molecular flexibility index (Phi) is 7.69. The van der Waals surface area contributed by atoms with Crippen LogP contribution in [0.2, 0.25) is 0 Å². The third-order valence-corrected chi connectivity index (χ3v) is 5.77. The third-order valence-electron chi connectivity index (χ3n) is 5.02. The van der Waals surface area contributed by atoms with Crippen molar-refractivity contribution in [2.24, 2.45) is 0 Å². The Labute approximate surface area is 171 Å². The molecule has 0 heterocycles. The molecule has 0 saturated carbocycles. The summed E-state index contributed by atoms with van der Waals surface area (Å²) in [7, 11) is 0. The zero-order chi connectivity index (χ0) is 19.8. The minimum atomic E-state index is -0.770. The van der Waals surface area contributed by atoms with E-state index in [9.17, 15) is 10.2 Å². The van der Waals surface area contributed by atoms with Crippen molar-refractivity contribution in [1.82, 2.24) is 5.32 Å². The summed E-state index contributed by atoms with van der Waals surface area (Å²) in [5, 5.41) is 24.0. The van der Waals surface area contributed by atoms with Crippen molar-refractivity contribution < 1.29 is 10.2 Å². The molecule has 0 aliphatic rings. The van der Waals surface area contributed by atoms with E-state index in [1.807, 2.05) is 66.9 Å². The zero-order valence-electron chi connectivity index (χ0n) is 16.0. The predicted octanol–water partition coefficient (Wildman–Crippen LogP) is 4.22. The molecule has 4 heteroatoms. The van der Waals surface area contributed by atoms with Gasteiger partial charge in [0.1, 0.15) is 0 Å². The Balaban J connectivity index is 1.75. The lowest BCUT2D eigenvalue weighted by molar-refractivity contribution is 0.0897. The number of aliphatic hydroxyl groups is 2. The first kappa shape index (κ1) is 20.6. The number of hydrogen-bond acceptors (Lipinski definition) is 4. The van der Waals surface area contributed by atoms with Gasteiger partial charge in [0.05, 0.1) is 18.8 Å². The molecule has 3 aromatic carbocycles. The van der Waals surface area contributed by atoms with Crippen molar-refractivity contribution >= 4 is 11.8 Å². The largest absolute Gasteiger partial charge is 0.395 e. The van der Waals surface area contributed by atoms with Gasteiger partial charge in [0.15, 0.2) is 0 Å². The van der Waals surface area contributed by atoms with Crippen molar-refractivity contribution in [3.8, 4) is 0 Å². The van der Waals surface area contributed by atoms with E-state index >= 15 is 0 Å². The summed E-state index contributed by atoms with van der Waals surface area (Å²) in [6.45, 7) is 0.487. The lowest BCUT2D eigenvalue weighted by atomic mass is 9.90. The minimum absolute atomic E-state index is 0.137. The topological polar surface area (TPSA) is 52.5 Å². The van der Waals surface area contributed by atoms with Crippen LogP contribution in [0, 0.1) is 0 Å². The van der Waals surface area contributed by atoms with Crippen molar-refractivity contribution in [1.29, 1.82) is 0 Å². The maximum absolute atomic E-state index is 10.8. The number of rotatable bonds is 9. The summed E-state index contributed by atoms with van der Waals surface area (Å²) in [6, 6.07) is 28.0. The number of hydrogen-bond donors (Lipinski definition) is 3. The Hall–Kier alpha value is -2.11. The second-order valence-electron chi connectivity index (χ2n) is 6.79. The summed E-state index contributed by atoms with van der Waals surface area (Å²) >= 11 is 1.67. The van der Waals surface area contributed by atoms with Crippen LogP contribution in [0.4, 0.5) is 0 Å². The Bertz CT molecular complexity index is 785. The summed E-state index contributed by atoms with van der Waals surface area (Å²) < 4.78 is 0. The maximum Gasteiger partial charge on any atom is 0.0965 e. The molecule has 0 amide bonds. The van der Waals surface area contributed by atoms with Gasteiger partial charge in [-0.3, -0.25) is 0 Å². The highest BCUT2D eigenvalue weighted by molar-refractivity contribution is 7.98. The van der Waals surface area contributed by atoms with Gasteiger partial charge < -0.3 is 15.5 Å². The van der Waals surface area contributed by atoms with Crippen LogP contribution in [0.5, 0.6) is 0 Å². The molecule has 3 N–H and O–H groups in total. The van der Waals surface area contributed by atoms with Crippen molar-refractivity contribution in [3.05, 3.63) is 102 Å². The third kappa shape index (κ3) is 5.24. The molecule has 0 spiro atoms. The number of aliphatic hydroxyl groups excluding tert-OH is 2. The highest BCUT2D eigenvalue weighted by atomic mass is 32.2. The molecule has 2 atom stereocenters. The van der Waals surface area contributed by atoms with Crippen LogP contribution in [-0.4, -0.2) is 35.7 Å². The first-order valence-electron chi connectivity index (χ1n) is 9.49. The Morgan fingerprint density at radius 3 is 1.79 bits per heavy atom. The molecule has 0 radical (unpaired) electrons. The van der Waals surface area contributed by atoms with Gasteiger partial charge in [-0.25, -0.2) is 0 Å². The zero-order valence-corrected chi connectivity index (χ0v) is 16.8. The fourth-order valence-electron chi connectivity index (χ4n) is 3.38. The molecular formula is C24H27NO2S. The molecule has 146 valence electrons. The highest BCUT2D eigenvalue weighted by Crippen LogP contribution is 2.25. The molecule has 0 bridgehead atoms. The van der Waals surface area contributed by atoms with E-state index in [-0.39, 0.29) is 12.5 Å². The second-order valence-corrected chi connectivity index (χ2v) is 7.67. The van der Waals surface area contributed by atoms with Crippen LogP contribution < -0.4 is 5.32 Å². The van der Waals surface area contributed by atoms with Crippen molar-refractivity contribution in [3.63, 3.8) is 0 Å². The lowest BCUT2D eigenvalue weighted by Crippen LogP contribution is -2.40. The maximum atomic E-state index is 10.8. The first-order valence-corrected chi connectivity index (χ1v) is 10.7. The van der Waals surface area contributed by atoms with Crippen molar-refractivity contribution in [2.45, 2.75) is 23.0 Å². The fraction of sp³-hybridized carbons (Fsp3) is 0.250. The first-order chi connectivity index (χ1) is 13.7. The van der Waals surface area contributed by atoms with Gasteiger partial charge >= 0.3 is 0 Å². The lowest BCUT2D eigenvalue weighted by Gasteiger charge is -2.26. The van der Waals surface area contributed by atoms with E-state index in [0.29, 0.717) is 6.54 Å². The van der Waals surface area contributed by atoms with E-state index < -0.39 is 12.1 Å². The molecule has 3 rings (SSSR count). The van der Waals surface area contributed by atoms with Crippen molar-refractivity contribution in [2.75, 3.05) is 19.4 Å². The van der Waals surface area contributed by atoms with Crippen LogP contribution in [0.1, 0.15) is 28.7 Å². The normalized spacial score (nSPS) is 13.4. The molecule has 2 unspecified atom stereocenters. The summed E-state index contributed by atoms with van der Waals surface area (Å²) in [5.41, 5.74) is 3.22. The van der Waals surface area contributed by atoms with Gasteiger partial charge in [-0.2, -0.15) is 0 Å². The molecule has 0 saturated heterocycles. The fourth-order valence-corrected chi connectivity index (χ4v) is 3.79. The molecule has 3 aromatic rings. The van der Waals surface area contributed by atoms with Crippen LogP contribution in [0.3, 0.4) is 0 Å². The van der Waals surface area contributed by atoms with Gasteiger partial charge in [-0.05, 0) is 35.1 Å². The van der Waals surface area contributed by atoms with Crippen LogP contribution in [-0.2, 0) is 0 Å². The monoisotopic (exact) mass is 393 g/mol. The van der Waals surface area contributed by atoms with E-state index in [1.54, 1.807) is 11.8 Å². The molecule has 28 heavy (non-hydrogen) atoms. The molecule has 0 fully saturated rings. The minimum Gasteiger partial charge on any atom is -0.395 e. The molecule has 0 aromatic heterocycles. The second kappa shape index (κ2) is 10.4. The van der Waals surface area contributed by atoms with Crippen LogP contribution in [0.15, 0.2) is 89.8 Å². The van der Waals surface area contributed by atoms with E-state index in [0.717, 1.165) is 10.5 Å². The molecule has 0 aliphatic carbocycles. The van der Waals surface area contributed by atoms with Crippen LogP contribution in [0.25, 0.3) is 0 Å². The van der Waals surface area contributed by atoms with Gasteiger partial charge in [0, 0.05) is 17.4 Å². The number of thioether (sulfide) groups is 1. The summed E-state index contributed by atoms with van der Waals surface area (Å²) in [5.74, 6) is 0.141. The van der Waals surface area contributed by atoms with Gasteiger partial charge in [0.2, 0.25) is 0 Å². The SMILES string of the molecule is CSc1ccc(C(O)C(CO)NCC(c2ccccc2)c2ccccc2)cc1. The molecule has 0 aliphatic heterocycles. The molecular weight excluding hydrogens is 366 g/mol. The summed E-state index contributed by atoms with van der Waals surface area (Å²) in [6.07, 6.45) is 1.25. The van der Waals surface area contributed by atoms with Gasteiger partial charge in [0.25, 0.3) is 0 Å². The van der Waals surface area contributed by atoms with E-state index in [1.165, 1.54) is 11.1 Å². The van der Waals surface area contributed by atoms with Crippen LogP contribution >= 0.6 is 11.8 Å². The standard InChI is InChI=1S/C24H27NO2S/c1-28-21-14-12-20(13-15-21)24(27)23(17-26)25-16-22(18-8-4-2-5-9-18)19-10-6-3-7-11-19/h2-15,22-27H,16-17H2,1H3. The summed E-state index contributed by atoms with van der Waals surface area (Å²) in [4.78, 5) is 1.15. The number of nitrogens with one attached hydrogen (secondary N) is 1. The number of benzene rings is 3. The highest BCUT2D eigenvalue weighted by Gasteiger charge is 2.22. The van der Waals surface area contributed by atoms with Gasteiger partial charge in [-0.15, -0.1) is 11.8 Å². The van der Waals surface area contributed by atoms with E-state index in [2.05, 4.69) is 29.6 Å². The quantitative estimate of drug-likeness (QED) is 0.476. The average molecular weight is 394 g/mol. The van der Waals surface area contributed by atoms with Gasteiger partial charge in [-0.1, -0.05) is 72.8 Å². The predicted molar refractivity (Wildman–Crippen MR) is 117 cm³/mol. The van der Waals surface area contributed by atoms with E-state index in [4.69, 9.17) is 0 Å².